The highest BCUT2D eigenvalue weighted by Crippen LogP contribution is 2.31. The normalized spacial score (nSPS) is 10.3. The van der Waals surface area contributed by atoms with Crippen molar-refractivity contribution in [3.8, 4) is 16.9 Å². The Labute approximate surface area is 169 Å². The summed E-state index contributed by atoms with van der Waals surface area (Å²) in [6.45, 7) is 2.79. The van der Waals surface area contributed by atoms with Gasteiger partial charge in [-0.25, -0.2) is 4.79 Å². The van der Waals surface area contributed by atoms with Gasteiger partial charge < -0.3 is 9.84 Å². The van der Waals surface area contributed by atoms with Crippen molar-refractivity contribution in [2.45, 2.75) is 58.3 Å². The summed E-state index contributed by atoms with van der Waals surface area (Å²) in [5.74, 6) is -0.489. The Hall–Kier alpha value is -2.00. The molecule has 0 saturated carbocycles. The van der Waals surface area contributed by atoms with Gasteiger partial charge in [0.2, 0.25) is 0 Å². The monoisotopic (exact) mass is 390 g/mol. The van der Waals surface area contributed by atoms with Gasteiger partial charge in [0, 0.05) is 0 Å². The smallest absolute Gasteiger partial charge is 0.340 e. The topological polar surface area (TPSA) is 46.5 Å². The van der Waals surface area contributed by atoms with E-state index >= 15 is 0 Å². The van der Waals surface area contributed by atoms with Gasteiger partial charge in [0.15, 0.2) is 0 Å². The Kier molecular flexibility index (Phi) is 11.3. The summed E-state index contributed by atoms with van der Waals surface area (Å²) in [5, 5.41) is 9.67. The molecule has 0 aliphatic rings. The number of carbonyl (C=O) groups is 1. The molecule has 0 heterocycles. The van der Waals surface area contributed by atoms with Gasteiger partial charge in [-0.05, 0) is 23.6 Å². The molecule has 2 rings (SSSR count). The lowest BCUT2D eigenvalue weighted by atomic mass is 9.99. The van der Waals surface area contributed by atoms with Crippen molar-refractivity contribution in [2.24, 2.45) is 0 Å². The average Bonchev–Trinajstić information content (AvgIpc) is 2.67. The first kappa shape index (κ1) is 23.0. The molecule has 0 radical (unpaired) electrons. The molecule has 0 bridgehead atoms. The Morgan fingerprint density at radius 2 is 1.48 bits per heavy atom. The summed E-state index contributed by atoms with van der Waals surface area (Å²) >= 11 is 0. The zero-order chi connectivity index (χ0) is 18.6. The first-order chi connectivity index (χ1) is 12.7. The van der Waals surface area contributed by atoms with Crippen LogP contribution in [-0.2, 0) is 0 Å². The second-order valence-electron chi connectivity index (χ2n) is 6.67. The fourth-order valence-corrected chi connectivity index (χ4v) is 3.15. The summed E-state index contributed by atoms with van der Waals surface area (Å²) < 4.78 is 5.82. The van der Waals surface area contributed by atoms with Gasteiger partial charge in [0.25, 0.3) is 0 Å². The van der Waals surface area contributed by atoms with E-state index in [2.05, 4.69) is 6.92 Å². The van der Waals surface area contributed by atoms with Crippen LogP contribution in [0.3, 0.4) is 0 Å². The van der Waals surface area contributed by atoms with Gasteiger partial charge in [-0.1, -0.05) is 94.3 Å². The van der Waals surface area contributed by atoms with E-state index in [0.29, 0.717) is 17.9 Å². The molecule has 1 N–H and O–H groups in total. The molecule has 3 nitrogen and oxygen atoms in total. The second-order valence-corrected chi connectivity index (χ2v) is 6.67. The van der Waals surface area contributed by atoms with Crippen LogP contribution in [-0.4, -0.2) is 17.7 Å². The summed E-state index contributed by atoms with van der Waals surface area (Å²) in [7, 11) is 0. The zero-order valence-corrected chi connectivity index (χ0v) is 17.0. The van der Waals surface area contributed by atoms with Crippen LogP contribution in [0.15, 0.2) is 48.5 Å². The van der Waals surface area contributed by atoms with Crippen LogP contribution in [0, 0.1) is 0 Å². The van der Waals surface area contributed by atoms with Gasteiger partial charge in [0.05, 0.1) is 6.61 Å². The number of ether oxygens (including phenoxy) is 1. The van der Waals surface area contributed by atoms with E-state index in [1.165, 1.54) is 38.5 Å². The van der Waals surface area contributed by atoms with Crippen LogP contribution in [0.1, 0.15) is 68.6 Å². The third kappa shape index (κ3) is 7.64. The number of hydrogen-bond acceptors (Lipinski definition) is 2. The van der Waals surface area contributed by atoms with E-state index in [0.717, 1.165) is 18.4 Å². The summed E-state index contributed by atoms with van der Waals surface area (Å²) in [5.41, 5.74) is 1.84. The number of benzene rings is 2. The maximum atomic E-state index is 11.8. The van der Waals surface area contributed by atoms with Crippen LogP contribution in [0.5, 0.6) is 5.75 Å². The van der Waals surface area contributed by atoms with Gasteiger partial charge >= 0.3 is 5.97 Å². The molecule has 0 aromatic heterocycles. The minimum atomic E-state index is -0.949. The average molecular weight is 391 g/mol. The van der Waals surface area contributed by atoms with Crippen LogP contribution < -0.4 is 4.74 Å². The maximum absolute atomic E-state index is 11.8. The Balaban J connectivity index is 0.00000364. The molecule has 2 aromatic rings. The lowest BCUT2D eigenvalue weighted by Gasteiger charge is -2.13. The van der Waals surface area contributed by atoms with Crippen molar-refractivity contribution in [1.82, 2.24) is 0 Å². The number of unbranched alkanes of at least 4 members (excludes halogenated alkanes) is 7. The maximum Gasteiger partial charge on any atom is 0.340 e. The van der Waals surface area contributed by atoms with E-state index in [4.69, 9.17) is 4.74 Å². The molecule has 0 atom stereocenters. The van der Waals surface area contributed by atoms with Crippen LogP contribution in [0.2, 0.25) is 0 Å². The fourth-order valence-electron chi connectivity index (χ4n) is 3.15. The Morgan fingerprint density at radius 3 is 2.11 bits per heavy atom. The molecule has 27 heavy (non-hydrogen) atoms. The number of rotatable bonds is 12. The zero-order valence-electron chi connectivity index (χ0n) is 16.2. The standard InChI is InChI=1S/C23H30O3.ClH/c1-2-3-4-5-6-7-8-12-18-26-21-17-13-16-20(22(21)23(24)25)19-14-10-9-11-15-19;/h9-11,13-17H,2-8,12,18H2,1H3,(H,24,25);1H. The molecule has 148 valence electrons. The molecule has 0 aliphatic carbocycles. The molecular weight excluding hydrogens is 360 g/mol. The van der Waals surface area contributed by atoms with Crippen LogP contribution in [0.25, 0.3) is 11.1 Å². The quantitative estimate of drug-likeness (QED) is 0.397. The highest BCUT2D eigenvalue weighted by atomic mass is 35.5. The minimum Gasteiger partial charge on any atom is -0.493 e. The van der Waals surface area contributed by atoms with Crippen molar-refractivity contribution in [3.05, 3.63) is 54.1 Å². The predicted molar refractivity (Wildman–Crippen MR) is 114 cm³/mol. The van der Waals surface area contributed by atoms with Gasteiger partial charge in [-0.3, -0.25) is 0 Å². The van der Waals surface area contributed by atoms with Crippen molar-refractivity contribution in [3.63, 3.8) is 0 Å². The predicted octanol–water partition coefficient (Wildman–Crippen LogP) is 6.99. The number of carboxylic acids is 1. The third-order valence-corrected chi connectivity index (χ3v) is 4.58. The van der Waals surface area contributed by atoms with E-state index in [9.17, 15) is 9.90 Å². The molecule has 2 aromatic carbocycles. The highest BCUT2D eigenvalue weighted by molar-refractivity contribution is 5.99. The number of hydrogen-bond donors (Lipinski definition) is 1. The van der Waals surface area contributed by atoms with E-state index in [-0.39, 0.29) is 18.0 Å². The summed E-state index contributed by atoms with van der Waals surface area (Å²) in [6, 6.07) is 15.0. The Bertz CT molecular complexity index is 671. The lowest BCUT2D eigenvalue weighted by molar-refractivity contribution is 0.0693. The van der Waals surface area contributed by atoms with Crippen LogP contribution >= 0.6 is 12.4 Å². The van der Waals surface area contributed by atoms with E-state index in [1.54, 1.807) is 6.07 Å². The fraction of sp³-hybridized carbons (Fsp3) is 0.435. The van der Waals surface area contributed by atoms with E-state index < -0.39 is 5.97 Å². The number of aromatic carboxylic acids is 1. The van der Waals surface area contributed by atoms with Crippen molar-refractivity contribution in [2.75, 3.05) is 6.61 Å². The van der Waals surface area contributed by atoms with Crippen molar-refractivity contribution < 1.29 is 14.6 Å². The number of carboxylic acid groups (broad SMARTS) is 1. The number of halogens is 1. The largest absolute Gasteiger partial charge is 0.493 e. The SMILES string of the molecule is CCCCCCCCCCOc1cccc(-c2ccccc2)c1C(=O)O.Cl. The summed E-state index contributed by atoms with van der Waals surface area (Å²) in [4.78, 5) is 11.8. The first-order valence-electron chi connectivity index (χ1n) is 9.78. The molecule has 4 heteroatoms. The second kappa shape index (κ2) is 13.2. The molecule has 0 unspecified atom stereocenters. The molecular formula is C23H31ClO3. The molecule has 0 fully saturated rings. The third-order valence-electron chi connectivity index (χ3n) is 4.58. The molecule has 0 amide bonds. The van der Waals surface area contributed by atoms with E-state index in [1.807, 2.05) is 42.5 Å². The van der Waals surface area contributed by atoms with Gasteiger partial charge in [-0.2, -0.15) is 0 Å². The highest BCUT2D eigenvalue weighted by Gasteiger charge is 2.17. The molecule has 0 saturated heterocycles. The van der Waals surface area contributed by atoms with Crippen molar-refractivity contribution >= 4 is 18.4 Å². The van der Waals surface area contributed by atoms with Crippen molar-refractivity contribution in [1.29, 1.82) is 0 Å². The Morgan fingerprint density at radius 1 is 0.852 bits per heavy atom. The summed E-state index contributed by atoms with van der Waals surface area (Å²) in [6.07, 6.45) is 9.86. The lowest BCUT2D eigenvalue weighted by Crippen LogP contribution is -2.06. The van der Waals surface area contributed by atoms with Gasteiger partial charge in [0.1, 0.15) is 11.3 Å². The van der Waals surface area contributed by atoms with Gasteiger partial charge in [-0.15, -0.1) is 12.4 Å². The van der Waals surface area contributed by atoms with Crippen LogP contribution in [0.4, 0.5) is 0 Å². The molecule has 0 aliphatic heterocycles. The first-order valence-corrected chi connectivity index (χ1v) is 9.78. The minimum absolute atomic E-state index is 0. The molecule has 0 spiro atoms.